The van der Waals surface area contributed by atoms with Crippen molar-refractivity contribution in [3.63, 3.8) is 0 Å². The van der Waals surface area contributed by atoms with E-state index in [1.54, 1.807) is 0 Å². The first-order chi connectivity index (χ1) is 8.30. The minimum absolute atomic E-state index is 0.591. The molecule has 1 unspecified atom stereocenters. The van der Waals surface area contributed by atoms with Crippen molar-refractivity contribution in [3.8, 4) is 5.75 Å². The highest BCUT2D eigenvalue weighted by atomic mass is 16.5. The van der Waals surface area contributed by atoms with Crippen molar-refractivity contribution in [1.29, 1.82) is 0 Å². The van der Waals surface area contributed by atoms with Crippen molar-refractivity contribution < 1.29 is 4.74 Å². The third-order valence-corrected chi connectivity index (χ3v) is 2.94. The smallest absolute Gasteiger partial charge is 0.119 e. The molecule has 0 aliphatic heterocycles. The molecule has 2 nitrogen and oxygen atoms in total. The van der Waals surface area contributed by atoms with Crippen molar-refractivity contribution >= 4 is 5.69 Å². The molecule has 1 aromatic carbocycles. The summed E-state index contributed by atoms with van der Waals surface area (Å²) in [6.07, 6.45) is 4.98. The van der Waals surface area contributed by atoms with Gasteiger partial charge in [-0.1, -0.05) is 26.7 Å². The molecule has 0 aliphatic carbocycles. The Bertz CT molecular complexity index is 294. The van der Waals surface area contributed by atoms with Crippen LogP contribution in [0, 0.1) is 0 Å². The van der Waals surface area contributed by atoms with Gasteiger partial charge in [0.25, 0.3) is 0 Å². The molecule has 0 aliphatic rings. The Balaban J connectivity index is 2.48. The van der Waals surface area contributed by atoms with Gasteiger partial charge in [-0.2, -0.15) is 0 Å². The Hall–Kier alpha value is -1.18. The van der Waals surface area contributed by atoms with E-state index in [1.165, 1.54) is 31.4 Å². The molecule has 0 heterocycles. The van der Waals surface area contributed by atoms with Crippen LogP contribution in [0.3, 0.4) is 0 Å². The van der Waals surface area contributed by atoms with Crippen molar-refractivity contribution in [2.45, 2.75) is 52.5 Å². The Morgan fingerprint density at radius 2 is 1.82 bits per heavy atom. The number of rotatable bonds is 8. The van der Waals surface area contributed by atoms with Gasteiger partial charge >= 0.3 is 0 Å². The van der Waals surface area contributed by atoms with E-state index >= 15 is 0 Å². The van der Waals surface area contributed by atoms with Crippen molar-refractivity contribution in [3.05, 3.63) is 24.3 Å². The molecule has 0 bridgehead atoms. The Morgan fingerprint density at radius 3 is 2.35 bits per heavy atom. The molecule has 17 heavy (non-hydrogen) atoms. The molecule has 96 valence electrons. The zero-order valence-corrected chi connectivity index (χ0v) is 11.3. The predicted octanol–water partition coefficient (Wildman–Crippen LogP) is 4.47. The van der Waals surface area contributed by atoms with Crippen LogP contribution in [-0.2, 0) is 0 Å². The van der Waals surface area contributed by atoms with E-state index < -0.39 is 0 Å². The summed E-state index contributed by atoms with van der Waals surface area (Å²) in [5.41, 5.74) is 1.19. The second kappa shape index (κ2) is 7.99. The van der Waals surface area contributed by atoms with Gasteiger partial charge in [0, 0.05) is 11.7 Å². The first-order valence-electron chi connectivity index (χ1n) is 6.79. The lowest BCUT2D eigenvalue weighted by Gasteiger charge is -2.18. The summed E-state index contributed by atoms with van der Waals surface area (Å²) in [4.78, 5) is 0. The van der Waals surface area contributed by atoms with Crippen molar-refractivity contribution in [2.75, 3.05) is 11.9 Å². The minimum atomic E-state index is 0.591. The van der Waals surface area contributed by atoms with Gasteiger partial charge in [0.05, 0.1) is 6.61 Å². The van der Waals surface area contributed by atoms with Gasteiger partial charge in [0.15, 0.2) is 0 Å². The first kappa shape index (κ1) is 13.9. The second-order valence-corrected chi connectivity index (χ2v) is 4.35. The van der Waals surface area contributed by atoms with E-state index in [9.17, 15) is 0 Å². The van der Waals surface area contributed by atoms with Crippen LogP contribution in [0.25, 0.3) is 0 Å². The average molecular weight is 235 g/mol. The third kappa shape index (κ3) is 5.12. The predicted molar refractivity (Wildman–Crippen MR) is 74.8 cm³/mol. The molecule has 0 spiro atoms. The number of hydrogen-bond acceptors (Lipinski definition) is 2. The lowest BCUT2D eigenvalue weighted by Crippen LogP contribution is -2.18. The van der Waals surface area contributed by atoms with Crippen LogP contribution < -0.4 is 10.1 Å². The zero-order chi connectivity index (χ0) is 12.5. The van der Waals surface area contributed by atoms with Crippen LogP contribution in [-0.4, -0.2) is 12.6 Å². The molecule has 0 aromatic heterocycles. The highest BCUT2D eigenvalue weighted by Gasteiger charge is 2.05. The van der Waals surface area contributed by atoms with Crippen LogP contribution in [0.2, 0.25) is 0 Å². The fraction of sp³-hybridized carbons (Fsp3) is 0.600. The van der Waals surface area contributed by atoms with E-state index in [1.807, 2.05) is 19.1 Å². The number of ether oxygens (including phenoxy) is 1. The number of anilines is 1. The topological polar surface area (TPSA) is 21.3 Å². The van der Waals surface area contributed by atoms with Crippen LogP contribution in [0.15, 0.2) is 24.3 Å². The lowest BCUT2D eigenvalue weighted by atomic mass is 10.1. The number of hydrogen-bond donors (Lipinski definition) is 1. The molecule has 1 atom stereocenters. The summed E-state index contributed by atoms with van der Waals surface area (Å²) in [7, 11) is 0. The van der Waals surface area contributed by atoms with Crippen molar-refractivity contribution in [1.82, 2.24) is 0 Å². The normalized spacial score (nSPS) is 12.2. The summed E-state index contributed by atoms with van der Waals surface area (Å²) in [6.45, 7) is 7.20. The van der Waals surface area contributed by atoms with Gasteiger partial charge in [-0.15, -0.1) is 0 Å². The largest absolute Gasteiger partial charge is 0.494 e. The lowest BCUT2D eigenvalue weighted by molar-refractivity contribution is 0.340. The summed E-state index contributed by atoms with van der Waals surface area (Å²) in [5.74, 6) is 0.944. The molecule has 1 N–H and O–H groups in total. The van der Waals surface area contributed by atoms with E-state index in [4.69, 9.17) is 4.74 Å². The van der Waals surface area contributed by atoms with Gasteiger partial charge < -0.3 is 10.1 Å². The van der Waals surface area contributed by atoms with Crippen LogP contribution in [0.1, 0.15) is 46.5 Å². The SMILES string of the molecule is CCCCC(CC)Nc1ccc(OCC)cc1. The molecule has 1 aromatic rings. The van der Waals surface area contributed by atoms with Crippen LogP contribution in [0.5, 0.6) is 5.75 Å². The number of unbranched alkanes of at least 4 members (excludes halogenated alkanes) is 1. The molecular weight excluding hydrogens is 210 g/mol. The second-order valence-electron chi connectivity index (χ2n) is 4.35. The molecule has 0 saturated carbocycles. The summed E-state index contributed by atoms with van der Waals surface area (Å²) in [5, 5.41) is 3.58. The minimum Gasteiger partial charge on any atom is -0.494 e. The highest BCUT2D eigenvalue weighted by molar-refractivity contribution is 5.47. The van der Waals surface area contributed by atoms with Gasteiger partial charge in [-0.3, -0.25) is 0 Å². The third-order valence-electron chi connectivity index (χ3n) is 2.94. The Labute approximate surface area is 105 Å². The van der Waals surface area contributed by atoms with Gasteiger partial charge in [0.2, 0.25) is 0 Å². The molecule has 0 saturated heterocycles. The Morgan fingerprint density at radius 1 is 1.12 bits per heavy atom. The standard InChI is InChI=1S/C15H25NO/c1-4-7-8-13(5-2)16-14-9-11-15(12-10-14)17-6-3/h9-13,16H,4-8H2,1-3H3. The summed E-state index contributed by atoms with van der Waals surface area (Å²) in [6, 6.07) is 8.84. The van der Waals surface area contributed by atoms with E-state index in [2.05, 4.69) is 31.3 Å². The molecule has 0 fully saturated rings. The van der Waals surface area contributed by atoms with Crippen LogP contribution >= 0.6 is 0 Å². The van der Waals surface area contributed by atoms with Gasteiger partial charge in [0.1, 0.15) is 5.75 Å². The average Bonchev–Trinajstić information content (AvgIpc) is 2.37. The number of nitrogens with one attached hydrogen (secondary N) is 1. The molecule has 0 radical (unpaired) electrons. The van der Waals surface area contributed by atoms with E-state index in [0.717, 1.165) is 12.4 Å². The fourth-order valence-corrected chi connectivity index (χ4v) is 1.88. The van der Waals surface area contributed by atoms with E-state index in [0.29, 0.717) is 6.04 Å². The first-order valence-corrected chi connectivity index (χ1v) is 6.79. The highest BCUT2D eigenvalue weighted by Crippen LogP contribution is 2.18. The molecule has 1 rings (SSSR count). The monoisotopic (exact) mass is 235 g/mol. The summed E-state index contributed by atoms with van der Waals surface area (Å²) >= 11 is 0. The van der Waals surface area contributed by atoms with Gasteiger partial charge in [-0.05, 0) is 44.0 Å². The maximum absolute atomic E-state index is 5.43. The Kier molecular flexibility index (Phi) is 6.53. The zero-order valence-electron chi connectivity index (χ0n) is 11.3. The maximum atomic E-state index is 5.43. The number of benzene rings is 1. The van der Waals surface area contributed by atoms with Crippen molar-refractivity contribution in [2.24, 2.45) is 0 Å². The molecule has 0 amide bonds. The quantitative estimate of drug-likeness (QED) is 0.718. The van der Waals surface area contributed by atoms with Crippen LogP contribution in [0.4, 0.5) is 5.69 Å². The molecule has 2 heteroatoms. The van der Waals surface area contributed by atoms with E-state index in [-0.39, 0.29) is 0 Å². The summed E-state index contributed by atoms with van der Waals surface area (Å²) < 4.78 is 5.43. The fourth-order valence-electron chi connectivity index (χ4n) is 1.88. The maximum Gasteiger partial charge on any atom is 0.119 e. The molecular formula is C15H25NO. The van der Waals surface area contributed by atoms with Gasteiger partial charge in [-0.25, -0.2) is 0 Å².